The summed E-state index contributed by atoms with van der Waals surface area (Å²) in [4.78, 5) is 63.0. The van der Waals surface area contributed by atoms with Crippen LogP contribution < -0.4 is 30.1 Å². The molecule has 508 valence electrons. The Morgan fingerprint density at radius 1 is 0.660 bits per heavy atom. The van der Waals surface area contributed by atoms with Crippen LogP contribution in [0.2, 0.25) is 10.0 Å². The number of sulfonamides is 1. The molecule has 4 atom stereocenters. The first-order valence-electron chi connectivity index (χ1n) is 33.8. The molecule has 10 rings (SSSR count). The molecule has 6 aliphatic rings. The van der Waals surface area contributed by atoms with Gasteiger partial charge in [-0.1, -0.05) is 49.9 Å². The van der Waals surface area contributed by atoms with Crippen molar-refractivity contribution in [1.82, 2.24) is 40.3 Å². The number of carbonyl (C=O) groups excluding carboxylic acids is 4. The Morgan fingerprint density at radius 3 is 1.82 bits per heavy atom. The highest BCUT2D eigenvalue weighted by molar-refractivity contribution is 7.92. The Labute approximate surface area is 565 Å². The smallest absolute Gasteiger partial charge is 0.314 e. The predicted molar refractivity (Wildman–Crippen MR) is 364 cm³/mol. The summed E-state index contributed by atoms with van der Waals surface area (Å²) in [5, 5.41) is 19.7. The standard InChI is InChI=1S/C41H57ClN6O6S.C29H35ClN4O4S/c1-3-20-44-41(51)45-21-8-4-6-12-32(49)13-7-11-22-47-25-18-30(19-26-47)40(50)46-55(52,53)34-16-14-33(15-17-34)54-39-36-27-31(42)28-37(43-2)35(36)29-38(39)48-23-9-5-10-24-48;1-2-33-11-7-20(8-12-33)28(35)19-39(36,37)24-5-3-23(4-6-24)38-29-26-16-22(30)15-21(18-31)25(26)17-27(29)34-13-9-32-10-14-34/h14-17,27-28,30,38-39H,3-13,18-26,29H2,1H3,(H,46,50)(H2,44,45,51);3-6,15-16,20,27,29,32H,2,7-14,17,19H2,1H3/t38-,39-;27-,29-/m00/s1. The second-order valence-electron chi connectivity index (χ2n) is 25.7. The van der Waals surface area contributed by atoms with Gasteiger partial charge in [0.2, 0.25) is 5.91 Å². The zero-order valence-corrected chi connectivity index (χ0v) is 57.5. The molecule has 0 unspecified atom stereocenters. The zero-order valence-electron chi connectivity index (χ0n) is 54.4. The van der Waals surface area contributed by atoms with Gasteiger partial charge in [0.25, 0.3) is 10.0 Å². The van der Waals surface area contributed by atoms with Gasteiger partial charge in [0.05, 0.1) is 40.1 Å². The van der Waals surface area contributed by atoms with Crippen molar-refractivity contribution in [3.05, 3.63) is 122 Å². The number of ether oxygens (including phenoxy) is 2. The number of carbonyl (C=O) groups is 4. The maximum absolute atomic E-state index is 13.3. The van der Waals surface area contributed by atoms with Crippen LogP contribution in [0.25, 0.3) is 4.85 Å². The third kappa shape index (κ3) is 19.5. The number of ketones is 2. The summed E-state index contributed by atoms with van der Waals surface area (Å²) in [6.45, 7) is 23.4. The first-order chi connectivity index (χ1) is 45.4. The van der Waals surface area contributed by atoms with Gasteiger partial charge in [0.15, 0.2) is 21.3 Å². The summed E-state index contributed by atoms with van der Waals surface area (Å²) < 4.78 is 68.0. The Kier molecular flexibility index (Phi) is 26.6. The Hall–Kier alpha value is -6.18. The van der Waals surface area contributed by atoms with Crippen molar-refractivity contribution in [1.29, 1.82) is 5.26 Å². The number of nitriles is 1. The third-order valence-electron chi connectivity index (χ3n) is 19.3. The number of likely N-dealkylation sites (tertiary alicyclic amines) is 3. The lowest BCUT2D eigenvalue weighted by atomic mass is 9.93. The maximum Gasteiger partial charge on any atom is 0.314 e. The number of hydrogen-bond acceptors (Lipinski definition) is 16. The highest BCUT2D eigenvalue weighted by Gasteiger charge is 2.42. The molecule has 2 aliphatic carbocycles. The molecule has 4 N–H and O–H groups in total. The average molecular weight is 1370 g/mol. The molecule has 3 amide bonds. The van der Waals surface area contributed by atoms with E-state index in [1.807, 2.05) is 19.1 Å². The number of nitrogens with one attached hydrogen (secondary N) is 4. The minimum Gasteiger partial charge on any atom is -0.484 e. The van der Waals surface area contributed by atoms with E-state index in [0.717, 1.165) is 139 Å². The molecule has 24 heteroatoms. The maximum atomic E-state index is 13.3. The van der Waals surface area contributed by atoms with E-state index in [9.17, 15) is 41.3 Å². The van der Waals surface area contributed by atoms with Gasteiger partial charge < -0.3 is 35.2 Å². The van der Waals surface area contributed by atoms with Crippen LogP contribution in [-0.2, 0) is 47.1 Å². The molecule has 0 radical (unpaired) electrons. The molecular formula is C70H92Cl2N10O10S2. The first kappa shape index (κ1) is 72.1. The number of amides is 3. The Bertz CT molecular complexity index is 3560. The van der Waals surface area contributed by atoms with E-state index in [1.165, 1.54) is 30.7 Å². The number of rotatable bonds is 27. The van der Waals surface area contributed by atoms with Crippen LogP contribution in [0.3, 0.4) is 0 Å². The summed E-state index contributed by atoms with van der Waals surface area (Å²) in [6, 6.07) is 21.9. The van der Waals surface area contributed by atoms with Gasteiger partial charge in [-0.05, 0) is 231 Å². The molecular weight excluding hydrogens is 1280 g/mol. The van der Waals surface area contributed by atoms with E-state index < -0.39 is 37.4 Å². The van der Waals surface area contributed by atoms with E-state index in [2.05, 4.69) is 58.1 Å². The fourth-order valence-electron chi connectivity index (χ4n) is 14.0. The minimum atomic E-state index is -4.08. The molecule has 4 aromatic carbocycles. The van der Waals surface area contributed by atoms with Gasteiger partial charge in [-0.2, -0.15) is 5.26 Å². The van der Waals surface area contributed by atoms with Gasteiger partial charge in [-0.25, -0.2) is 31.2 Å². The summed E-state index contributed by atoms with van der Waals surface area (Å²) in [5.41, 5.74) is 4.82. The molecule has 0 spiro atoms. The number of piperazine rings is 1. The average Bonchev–Trinajstić information content (AvgIpc) is 1.62. The lowest BCUT2D eigenvalue weighted by Gasteiger charge is -2.36. The molecule has 94 heavy (non-hydrogen) atoms. The Balaban J connectivity index is 0.000000234. The van der Waals surface area contributed by atoms with Gasteiger partial charge in [0.1, 0.15) is 35.2 Å². The SMILES string of the molecule is CCN1CCC(C(=O)CS(=O)(=O)c2ccc(O[C@H]3c4cc(Cl)cc(C#N)c4C[C@@H]3N3CCNCC3)cc2)CC1.[C-]#[N+]c1cc(Cl)cc2c1C[C@H](N1CCCCC1)[C@H]2Oc1ccc(S(=O)(=O)NC(=O)C2CCN(CCCCC(=O)CCCCCNC(=O)NCCC)CC2)cc1. The number of nitrogens with zero attached hydrogens (tertiary/aromatic N) is 6. The van der Waals surface area contributed by atoms with Crippen LogP contribution in [0.15, 0.2) is 82.6 Å². The van der Waals surface area contributed by atoms with Crippen LogP contribution in [0, 0.1) is 29.7 Å². The van der Waals surface area contributed by atoms with E-state index >= 15 is 0 Å². The summed E-state index contributed by atoms with van der Waals surface area (Å²) in [6.07, 6.45) is 13.0. The van der Waals surface area contributed by atoms with Crippen LogP contribution in [0.4, 0.5) is 10.5 Å². The second-order valence-corrected chi connectivity index (χ2v) is 30.2. The fraction of sp³-hybridized carbons (Fsp3) is 0.571. The number of urea groups is 1. The lowest BCUT2D eigenvalue weighted by molar-refractivity contribution is -0.124. The molecule has 4 aliphatic heterocycles. The topological polar surface area (TPSA) is 244 Å². The number of piperidine rings is 3. The van der Waals surface area contributed by atoms with Gasteiger partial charge >= 0.3 is 6.03 Å². The van der Waals surface area contributed by atoms with Gasteiger partial charge in [-0.3, -0.25) is 24.2 Å². The van der Waals surface area contributed by atoms with Crippen molar-refractivity contribution >= 4 is 72.3 Å². The number of fused-ring (bicyclic) bond motifs is 2. The summed E-state index contributed by atoms with van der Waals surface area (Å²) in [7, 11) is -7.83. The van der Waals surface area contributed by atoms with Crippen molar-refractivity contribution in [2.45, 2.75) is 157 Å². The minimum absolute atomic E-state index is 0.0122. The van der Waals surface area contributed by atoms with Gasteiger partial charge in [-0.15, -0.1) is 0 Å². The number of halogens is 2. The fourth-order valence-corrected chi connectivity index (χ4v) is 16.8. The molecule has 4 aromatic rings. The lowest BCUT2D eigenvalue weighted by Crippen LogP contribution is -2.50. The molecule has 20 nitrogen and oxygen atoms in total. The Morgan fingerprint density at radius 2 is 1.21 bits per heavy atom. The van der Waals surface area contributed by atoms with Crippen molar-refractivity contribution in [3.63, 3.8) is 0 Å². The number of Topliss-reactive ketones (excluding diaryl/α,β-unsaturated/α-hetero) is 2. The highest BCUT2D eigenvalue weighted by atomic mass is 35.5. The van der Waals surface area contributed by atoms with Gasteiger partial charge in [0, 0.05) is 74.0 Å². The van der Waals surface area contributed by atoms with Crippen LogP contribution in [0.1, 0.15) is 150 Å². The third-order valence-corrected chi connectivity index (χ3v) is 22.8. The number of sulfone groups is 1. The molecule has 4 fully saturated rings. The molecule has 0 aromatic heterocycles. The largest absolute Gasteiger partial charge is 0.484 e. The van der Waals surface area contributed by atoms with E-state index in [-0.39, 0.29) is 57.6 Å². The van der Waals surface area contributed by atoms with E-state index in [1.54, 1.807) is 36.4 Å². The number of benzene rings is 4. The van der Waals surface area contributed by atoms with Crippen molar-refractivity contribution in [3.8, 4) is 17.6 Å². The number of hydrogen-bond donors (Lipinski definition) is 4. The van der Waals surface area contributed by atoms with E-state index in [0.29, 0.717) is 110 Å². The second kappa shape index (κ2) is 34.7. The molecule has 0 bridgehead atoms. The first-order valence-corrected chi connectivity index (χ1v) is 37.7. The van der Waals surface area contributed by atoms with Crippen molar-refractivity contribution in [2.75, 3.05) is 97.4 Å². The summed E-state index contributed by atoms with van der Waals surface area (Å²) >= 11 is 12.8. The van der Waals surface area contributed by atoms with Crippen LogP contribution in [-0.4, -0.2) is 169 Å². The molecule has 0 saturated carbocycles. The zero-order chi connectivity index (χ0) is 66.8. The van der Waals surface area contributed by atoms with E-state index in [4.69, 9.17) is 39.2 Å². The summed E-state index contributed by atoms with van der Waals surface area (Å²) in [5.74, 6) is -0.435. The van der Waals surface area contributed by atoms with Crippen LogP contribution >= 0.6 is 23.2 Å². The predicted octanol–water partition coefficient (Wildman–Crippen LogP) is 10.2. The van der Waals surface area contributed by atoms with Crippen LogP contribution in [0.5, 0.6) is 11.5 Å². The normalized spacial score (nSPS) is 20.7. The quantitative estimate of drug-likeness (QED) is 0.0320. The molecule has 4 heterocycles. The monoisotopic (exact) mass is 1370 g/mol. The highest BCUT2D eigenvalue weighted by Crippen LogP contribution is 2.45. The number of unbranched alkanes of at least 4 members (excludes halogenated alkanes) is 3. The molecule has 4 saturated heterocycles. The van der Waals surface area contributed by atoms with Crippen molar-refractivity contribution in [2.24, 2.45) is 11.8 Å². The van der Waals surface area contributed by atoms with Crippen molar-refractivity contribution < 1.29 is 45.5 Å².